The van der Waals surface area contributed by atoms with Crippen molar-refractivity contribution in [1.82, 2.24) is 29.9 Å². The standard InChI is InChI=1S/C32H32Cl2FN9O/c1-18-28(38-17-45-18)31(27-16-44(42-41-27)22-7-9-43(10-8-22)32(2,3)4)40-21-11-23-29(39-20-5-6-26(35)24(33)12-20)19(14-36)15-37-30(23)25(34)13-21/h5-6,11-13,15-17,22,31,40H,7-10H2,1-4H3,(H,37,39)/t31-/m1/s1. The van der Waals surface area contributed by atoms with Crippen molar-refractivity contribution >= 4 is 51.2 Å². The summed E-state index contributed by atoms with van der Waals surface area (Å²) >= 11 is 12.8. The van der Waals surface area contributed by atoms with Crippen LogP contribution in [0.3, 0.4) is 0 Å². The number of oxazole rings is 1. The highest BCUT2D eigenvalue weighted by Gasteiger charge is 2.30. The van der Waals surface area contributed by atoms with Gasteiger partial charge in [-0.2, -0.15) is 5.26 Å². The van der Waals surface area contributed by atoms with Gasteiger partial charge in [0, 0.05) is 41.6 Å². The second-order valence-electron chi connectivity index (χ2n) is 12.2. The molecule has 0 bridgehead atoms. The van der Waals surface area contributed by atoms with Crippen molar-refractivity contribution in [2.75, 3.05) is 23.7 Å². The van der Waals surface area contributed by atoms with E-state index in [9.17, 15) is 9.65 Å². The minimum Gasteiger partial charge on any atom is -0.448 e. The van der Waals surface area contributed by atoms with Gasteiger partial charge in [-0.1, -0.05) is 28.4 Å². The summed E-state index contributed by atoms with van der Waals surface area (Å²) in [6.07, 6.45) is 6.76. The quantitative estimate of drug-likeness (QED) is 0.182. The first-order valence-electron chi connectivity index (χ1n) is 14.6. The van der Waals surface area contributed by atoms with Crippen molar-refractivity contribution in [3.8, 4) is 6.07 Å². The van der Waals surface area contributed by atoms with Crippen LogP contribution >= 0.6 is 23.2 Å². The number of benzene rings is 2. The number of hydrogen-bond donors (Lipinski definition) is 2. The Balaban J connectivity index is 1.35. The van der Waals surface area contributed by atoms with Crippen molar-refractivity contribution in [3.63, 3.8) is 0 Å². The van der Waals surface area contributed by atoms with E-state index in [0.29, 0.717) is 50.1 Å². The fourth-order valence-corrected chi connectivity index (χ4v) is 6.17. The predicted molar refractivity (Wildman–Crippen MR) is 172 cm³/mol. The van der Waals surface area contributed by atoms with E-state index in [2.05, 4.69) is 62.7 Å². The molecule has 0 saturated carbocycles. The molecule has 232 valence electrons. The number of nitriles is 1. The first kappa shape index (κ1) is 30.8. The summed E-state index contributed by atoms with van der Waals surface area (Å²) in [6, 6.07) is 9.75. The second-order valence-corrected chi connectivity index (χ2v) is 13.0. The molecule has 6 rings (SSSR count). The zero-order chi connectivity index (χ0) is 31.9. The molecule has 0 amide bonds. The van der Waals surface area contributed by atoms with Crippen molar-refractivity contribution in [1.29, 1.82) is 5.26 Å². The fourth-order valence-electron chi connectivity index (χ4n) is 5.72. The first-order chi connectivity index (χ1) is 21.5. The van der Waals surface area contributed by atoms with Crippen molar-refractivity contribution < 1.29 is 8.81 Å². The van der Waals surface area contributed by atoms with Crippen LogP contribution in [0.4, 0.5) is 21.5 Å². The molecule has 1 fully saturated rings. The smallest absolute Gasteiger partial charge is 0.181 e. The molecular weight excluding hydrogens is 616 g/mol. The van der Waals surface area contributed by atoms with Gasteiger partial charge in [0.15, 0.2) is 6.39 Å². The third-order valence-corrected chi connectivity index (χ3v) is 8.79. The van der Waals surface area contributed by atoms with E-state index < -0.39 is 11.9 Å². The average Bonchev–Trinajstić information content (AvgIpc) is 3.67. The Morgan fingerprint density at radius 3 is 2.51 bits per heavy atom. The van der Waals surface area contributed by atoms with Gasteiger partial charge in [-0.15, -0.1) is 5.10 Å². The van der Waals surface area contributed by atoms with E-state index in [1.807, 2.05) is 23.9 Å². The number of halogens is 3. The average molecular weight is 649 g/mol. The van der Waals surface area contributed by atoms with Crippen molar-refractivity contribution in [2.45, 2.75) is 58.2 Å². The van der Waals surface area contributed by atoms with Gasteiger partial charge in [0.25, 0.3) is 0 Å². The number of aromatic nitrogens is 5. The van der Waals surface area contributed by atoms with Gasteiger partial charge in [-0.25, -0.2) is 14.1 Å². The van der Waals surface area contributed by atoms with Crippen LogP contribution in [0.5, 0.6) is 0 Å². The molecule has 2 aromatic carbocycles. The Kier molecular flexibility index (Phi) is 8.39. The Morgan fingerprint density at radius 2 is 1.84 bits per heavy atom. The summed E-state index contributed by atoms with van der Waals surface area (Å²) < 4.78 is 21.4. The van der Waals surface area contributed by atoms with Gasteiger partial charge in [-0.05, 0) is 70.9 Å². The number of nitrogens with one attached hydrogen (secondary N) is 2. The zero-order valence-electron chi connectivity index (χ0n) is 25.3. The van der Waals surface area contributed by atoms with Crippen molar-refractivity contribution in [3.05, 3.63) is 87.7 Å². The van der Waals surface area contributed by atoms with E-state index in [-0.39, 0.29) is 22.2 Å². The highest BCUT2D eigenvalue weighted by molar-refractivity contribution is 6.36. The number of aryl methyl sites for hydroxylation is 1. The number of anilines is 3. The molecule has 1 atom stereocenters. The van der Waals surface area contributed by atoms with Gasteiger partial charge >= 0.3 is 0 Å². The summed E-state index contributed by atoms with van der Waals surface area (Å²) in [5.74, 6) is 0.0923. The lowest BCUT2D eigenvalue weighted by Crippen LogP contribution is -2.46. The normalized spacial score (nSPS) is 15.2. The number of pyridine rings is 1. The fraction of sp³-hybridized carbons (Fsp3) is 0.344. The highest BCUT2D eigenvalue weighted by Crippen LogP contribution is 2.37. The molecule has 5 aromatic rings. The molecule has 1 aliphatic rings. The maximum absolute atomic E-state index is 13.8. The topological polar surface area (TPSA) is 121 Å². The van der Waals surface area contributed by atoms with E-state index in [4.69, 9.17) is 27.6 Å². The van der Waals surface area contributed by atoms with Crippen LogP contribution in [0.1, 0.15) is 68.4 Å². The third-order valence-electron chi connectivity index (χ3n) is 8.21. The molecule has 0 spiro atoms. The zero-order valence-corrected chi connectivity index (χ0v) is 26.8. The number of rotatable bonds is 7. The van der Waals surface area contributed by atoms with Crippen LogP contribution in [0.15, 0.2) is 53.5 Å². The SMILES string of the molecule is Cc1ocnc1[C@H](Nc1cc(Cl)c2ncc(C#N)c(Nc3ccc(F)c(Cl)c3)c2c1)c1cn(C2CCN(C(C)(C)C)CC2)nn1. The molecule has 0 unspecified atom stereocenters. The van der Waals surface area contributed by atoms with E-state index in [1.165, 1.54) is 30.8 Å². The van der Waals surface area contributed by atoms with Crippen LogP contribution < -0.4 is 10.6 Å². The molecule has 3 aromatic heterocycles. The molecule has 13 heteroatoms. The lowest BCUT2D eigenvalue weighted by atomic mass is 9.98. The highest BCUT2D eigenvalue weighted by atomic mass is 35.5. The third kappa shape index (κ3) is 6.31. The van der Waals surface area contributed by atoms with Crippen LogP contribution in [-0.4, -0.2) is 48.5 Å². The summed E-state index contributed by atoms with van der Waals surface area (Å²) in [4.78, 5) is 11.4. The summed E-state index contributed by atoms with van der Waals surface area (Å²) in [7, 11) is 0. The minimum atomic E-state index is -0.543. The minimum absolute atomic E-state index is 0.0455. The van der Waals surface area contributed by atoms with E-state index in [1.54, 1.807) is 6.07 Å². The number of hydrogen-bond acceptors (Lipinski definition) is 9. The van der Waals surface area contributed by atoms with Gasteiger partial charge in [-0.3, -0.25) is 9.88 Å². The molecule has 1 aliphatic heterocycles. The molecule has 45 heavy (non-hydrogen) atoms. The number of nitrogens with zero attached hydrogens (tertiary/aromatic N) is 7. The summed E-state index contributed by atoms with van der Waals surface area (Å²) in [5, 5.41) is 26.6. The summed E-state index contributed by atoms with van der Waals surface area (Å²) in [6.45, 7) is 10.5. The molecule has 0 aliphatic carbocycles. The molecule has 1 saturated heterocycles. The first-order valence-corrected chi connectivity index (χ1v) is 15.3. The van der Waals surface area contributed by atoms with Gasteiger partial charge in [0.2, 0.25) is 0 Å². The van der Waals surface area contributed by atoms with E-state index >= 15 is 0 Å². The van der Waals surface area contributed by atoms with E-state index in [0.717, 1.165) is 25.9 Å². The Morgan fingerprint density at radius 1 is 1.09 bits per heavy atom. The molecular formula is C32H32Cl2FN9O. The van der Waals surface area contributed by atoms with Crippen LogP contribution in [0, 0.1) is 24.1 Å². The molecule has 2 N–H and O–H groups in total. The molecule has 10 nitrogen and oxygen atoms in total. The van der Waals surface area contributed by atoms with Gasteiger partial charge in [0.05, 0.1) is 39.1 Å². The van der Waals surface area contributed by atoms with Gasteiger partial charge in [0.1, 0.15) is 35.1 Å². The number of piperidine rings is 1. The number of likely N-dealkylation sites (tertiary alicyclic amines) is 1. The Hall–Kier alpha value is -4.24. The van der Waals surface area contributed by atoms with Crippen LogP contribution in [0.2, 0.25) is 10.0 Å². The predicted octanol–water partition coefficient (Wildman–Crippen LogP) is 7.82. The lowest BCUT2D eigenvalue weighted by Gasteiger charge is -2.40. The lowest BCUT2D eigenvalue weighted by molar-refractivity contribution is 0.0866. The van der Waals surface area contributed by atoms with Crippen LogP contribution in [-0.2, 0) is 0 Å². The van der Waals surface area contributed by atoms with Crippen molar-refractivity contribution in [2.24, 2.45) is 0 Å². The largest absolute Gasteiger partial charge is 0.448 e. The molecule has 0 radical (unpaired) electrons. The molecule has 4 heterocycles. The second kappa shape index (κ2) is 12.3. The summed E-state index contributed by atoms with van der Waals surface area (Å²) in [5.41, 5.74) is 3.81. The monoisotopic (exact) mass is 647 g/mol. The van der Waals surface area contributed by atoms with Crippen LogP contribution in [0.25, 0.3) is 10.9 Å². The Labute approximate surface area is 270 Å². The maximum Gasteiger partial charge on any atom is 0.181 e. The number of fused-ring (bicyclic) bond motifs is 1. The maximum atomic E-state index is 13.8. The Bertz CT molecular complexity index is 1900. The van der Waals surface area contributed by atoms with Gasteiger partial charge < -0.3 is 15.1 Å².